The third kappa shape index (κ3) is 5.96. The first-order valence-electron chi connectivity index (χ1n) is 9.43. The average Bonchev–Trinajstić information content (AvgIpc) is 2.77. The Bertz CT molecular complexity index is 1030. The van der Waals surface area contributed by atoms with Crippen molar-refractivity contribution in [3.63, 3.8) is 0 Å². The summed E-state index contributed by atoms with van der Waals surface area (Å²) in [7, 11) is 0. The summed E-state index contributed by atoms with van der Waals surface area (Å²) in [6.45, 7) is 2.48. The lowest BCUT2D eigenvalue weighted by molar-refractivity contribution is -0.113. The van der Waals surface area contributed by atoms with Gasteiger partial charge >= 0.3 is 0 Å². The molecule has 30 heavy (non-hydrogen) atoms. The number of anilines is 1. The Hall–Kier alpha value is -3.57. The summed E-state index contributed by atoms with van der Waals surface area (Å²) in [5, 5.41) is 6.04. The van der Waals surface area contributed by atoms with Crippen LogP contribution in [0.3, 0.4) is 0 Å². The number of hydrogen-bond donors (Lipinski definition) is 2. The third-order valence-electron chi connectivity index (χ3n) is 4.13. The SMILES string of the molecule is CCOc1ccc(C=C(NC(=O)c2ccccc2)C(=O)Nc2ccc(Cl)cc2)cc1. The van der Waals surface area contributed by atoms with Gasteiger partial charge in [0, 0.05) is 16.3 Å². The summed E-state index contributed by atoms with van der Waals surface area (Å²) in [5.41, 5.74) is 1.88. The molecule has 0 aliphatic rings. The van der Waals surface area contributed by atoms with Gasteiger partial charge in [-0.25, -0.2) is 0 Å². The molecule has 0 spiro atoms. The first-order chi connectivity index (χ1) is 14.5. The van der Waals surface area contributed by atoms with Crippen LogP contribution in [-0.4, -0.2) is 18.4 Å². The van der Waals surface area contributed by atoms with Crippen LogP contribution in [0.4, 0.5) is 5.69 Å². The maximum atomic E-state index is 12.9. The standard InChI is InChI=1S/C24H21ClN2O3/c1-2-30-21-14-8-17(9-15-21)16-22(27-23(28)18-6-4-3-5-7-18)24(29)26-20-12-10-19(25)11-13-20/h3-16H,2H2,1H3,(H,26,29)(H,27,28). The van der Waals surface area contributed by atoms with Crippen LogP contribution in [0, 0.1) is 0 Å². The zero-order chi connectivity index (χ0) is 21.3. The molecule has 2 N–H and O–H groups in total. The van der Waals surface area contributed by atoms with E-state index in [2.05, 4.69) is 10.6 Å². The highest BCUT2D eigenvalue weighted by atomic mass is 35.5. The molecule has 0 fully saturated rings. The van der Waals surface area contributed by atoms with Gasteiger partial charge in [-0.3, -0.25) is 9.59 Å². The Morgan fingerprint density at radius 2 is 1.60 bits per heavy atom. The number of rotatable bonds is 7. The molecule has 0 saturated heterocycles. The van der Waals surface area contributed by atoms with Gasteiger partial charge in [0.2, 0.25) is 0 Å². The molecule has 3 rings (SSSR count). The highest BCUT2D eigenvalue weighted by Gasteiger charge is 2.15. The summed E-state index contributed by atoms with van der Waals surface area (Å²) >= 11 is 5.90. The fraction of sp³-hybridized carbons (Fsp3) is 0.0833. The van der Waals surface area contributed by atoms with Crippen LogP contribution in [0.25, 0.3) is 6.08 Å². The first-order valence-corrected chi connectivity index (χ1v) is 9.81. The quantitative estimate of drug-likeness (QED) is 0.519. The molecule has 0 saturated carbocycles. The predicted octanol–water partition coefficient (Wildman–Crippen LogP) is 5.15. The lowest BCUT2D eigenvalue weighted by Crippen LogP contribution is -2.30. The van der Waals surface area contributed by atoms with Crippen LogP contribution < -0.4 is 15.4 Å². The van der Waals surface area contributed by atoms with Crippen molar-refractivity contribution < 1.29 is 14.3 Å². The number of hydrogen-bond acceptors (Lipinski definition) is 3. The highest BCUT2D eigenvalue weighted by molar-refractivity contribution is 6.30. The van der Waals surface area contributed by atoms with Crippen molar-refractivity contribution in [3.8, 4) is 5.75 Å². The Morgan fingerprint density at radius 1 is 0.933 bits per heavy atom. The van der Waals surface area contributed by atoms with E-state index in [9.17, 15) is 9.59 Å². The van der Waals surface area contributed by atoms with E-state index in [0.29, 0.717) is 22.9 Å². The molecule has 0 aliphatic carbocycles. The second kappa shape index (κ2) is 10.3. The van der Waals surface area contributed by atoms with Crippen LogP contribution in [0.15, 0.2) is 84.6 Å². The fourth-order valence-corrected chi connectivity index (χ4v) is 2.79. The second-order valence-electron chi connectivity index (χ2n) is 6.34. The van der Waals surface area contributed by atoms with E-state index in [0.717, 1.165) is 11.3 Å². The Morgan fingerprint density at radius 3 is 2.23 bits per heavy atom. The minimum atomic E-state index is -0.449. The largest absolute Gasteiger partial charge is 0.494 e. The maximum absolute atomic E-state index is 12.9. The molecular formula is C24H21ClN2O3. The van der Waals surface area contributed by atoms with E-state index < -0.39 is 5.91 Å². The van der Waals surface area contributed by atoms with Gasteiger partial charge in [-0.05, 0) is 67.1 Å². The molecule has 0 aromatic heterocycles. The molecule has 0 heterocycles. The number of carbonyl (C=O) groups excluding carboxylic acids is 2. The van der Waals surface area contributed by atoms with Crippen LogP contribution in [0.2, 0.25) is 5.02 Å². The maximum Gasteiger partial charge on any atom is 0.272 e. The molecule has 2 amide bonds. The van der Waals surface area contributed by atoms with Crippen molar-refractivity contribution in [2.75, 3.05) is 11.9 Å². The molecule has 6 heteroatoms. The topological polar surface area (TPSA) is 67.4 Å². The first kappa shape index (κ1) is 21.1. The molecular weight excluding hydrogens is 400 g/mol. The molecule has 3 aromatic carbocycles. The molecule has 152 valence electrons. The van der Waals surface area contributed by atoms with Gasteiger partial charge in [-0.2, -0.15) is 0 Å². The van der Waals surface area contributed by atoms with E-state index in [1.807, 2.05) is 37.3 Å². The Kier molecular flexibility index (Phi) is 7.24. The van der Waals surface area contributed by atoms with Crippen LogP contribution >= 0.6 is 11.6 Å². The van der Waals surface area contributed by atoms with Crippen molar-refractivity contribution in [1.82, 2.24) is 5.32 Å². The molecule has 0 bridgehead atoms. The number of halogens is 1. The van der Waals surface area contributed by atoms with Gasteiger partial charge in [0.15, 0.2) is 0 Å². The normalized spacial score (nSPS) is 10.9. The van der Waals surface area contributed by atoms with E-state index >= 15 is 0 Å². The number of carbonyl (C=O) groups is 2. The van der Waals surface area contributed by atoms with Crippen molar-refractivity contribution in [2.24, 2.45) is 0 Å². The number of ether oxygens (including phenoxy) is 1. The predicted molar refractivity (Wildman–Crippen MR) is 120 cm³/mol. The Labute approximate surface area is 180 Å². The highest BCUT2D eigenvalue weighted by Crippen LogP contribution is 2.17. The number of benzene rings is 3. The fourth-order valence-electron chi connectivity index (χ4n) is 2.67. The average molecular weight is 421 g/mol. The van der Waals surface area contributed by atoms with E-state index in [-0.39, 0.29) is 11.6 Å². The summed E-state index contributed by atoms with van der Waals surface area (Å²) in [6, 6.07) is 22.7. The Balaban J connectivity index is 1.85. The second-order valence-corrected chi connectivity index (χ2v) is 6.78. The van der Waals surface area contributed by atoms with E-state index in [4.69, 9.17) is 16.3 Å². The third-order valence-corrected chi connectivity index (χ3v) is 4.38. The molecule has 3 aromatic rings. The molecule has 0 unspecified atom stereocenters. The number of nitrogens with one attached hydrogen (secondary N) is 2. The summed E-state index contributed by atoms with van der Waals surface area (Å²) in [4.78, 5) is 25.5. The number of amides is 2. The lowest BCUT2D eigenvalue weighted by Gasteiger charge is -2.12. The summed E-state index contributed by atoms with van der Waals surface area (Å²) < 4.78 is 5.44. The van der Waals surface area contributed by atoms with Crippen molar-refractivity contribution in [1.29, 1.82) is 0 Å². The summed E-state index contributed by atoms with van der Waals surface area (Å²) in [5.74, 6) is -0.0929. The van der Waals surface area contributed by atoms with Crippen molar-refractivity contribution >= 4 is 35.2 Å². The zero-order valence-electron chi connectivity index (χ0n) is 16.4. The van der Waals surface area contributed by atoms with Crippen molar-refractivity contribution in [3.05, 3.63) is 101 Å². The van der Waals surface area contributed by atoms with Gasteiger partial charge in [-0.1, -0.05) is 41.9 Å². The minimum absolute atomic E-state index is 0.114. The van der Waals surface area contributed by atoms with E-state index in [1.165, 1.54) is 0 Å². The van der Waals surface area contributed by atoms with Gasteiger partial charge in [-0.15, -0.1) is 0 Å². The molecule has 0 aliphatic heterocycles. The van der Waals surface area contributed by atoms with Crippen LogP contribution in [0.1, 0.15) is 22.8 Å². The van der Waals surface area contributed by atoms with Crippen LogP contribution in [-0.2, 0) is 4.79 Å². The van der Waals surface area contributed by atoms with Crippen LogP contribution in [0.5, 0.6) is 5.75 Å². The van der Waals surface area contributed by atoms with Gasteiger partial charge in [0.25, 0.3) is 11.8 Å². The summed E-state index contributed by atoms with van der Waals surface area (Å²) in [6.07, 6.45) is 1.61. The van der Waals surface area contributed by atoms with Gasteiger partial charge < -0.3 is 15.4 Å². The minimum Gasteiger partial charge on any atom is -0.494 e. The lowest BCUT2D eigenvalue weighted by atomic mass is 10.1. The monoisotopic (exact) mass is 420 g/mol. The zero-order valence-corrected chi connectivity index (χ0v) is 17.1. The molecule has 5 nitrogen and oxygen atoms in total. The molecule has 0 radical (unpaired) electrons. The van der Waals surface area contributed by atoms with Gasteiger partial charge in [0.1, 0.15) is 11.4 Å². The molecule has 0 atom stereocenters. The van der Waals surface area contributed by atoms with Crippen molar-refractivity contribution in [2.45, 2.75) is 6.92 Å². The smallest absolute Gasteiger partial charge is 0.272 e. The van der Waals surface area contributed by atoms with Gasteiger partial charge in [0.05, 0.1) is 6.61 Å². The van der Waals surface area contributed by atoms with E-state index in [1.54, 1.807) is 54.6 Å².